The van der Waals surface area contributed by atoms with Crippen molar-refractivity contribution in [1.29, 1.82) is 0 Å². The first-order valence-corrected chi connectivity index (χ1v) is 13.9. The largest absolute Gasteiger partial charge is 0.497 e. The molecule has 1 saturated heterocycles. The third kappa shape index (κ3) is 5.50. The van der Waals surface area contributed by atoms with Gasteiger partial charge < -0.3 is 29.5 Å². The predicted molar refractivity (Wildman–Crippen MR) is 153 cm³/mol. The van der Waals surface area contributed by atoms with Crippen LogP contribution < -0.4 is 15.0 Å². The maximum atomic E-state index is 13.8. The Labute approximate surface area is 235 Å². The number of Topliss-reactive ketones (excluding diaryl/α,β-unsaturated/α-hetero) is 1. The van der Waals surface area contributed by atoms with Gasteiger partial charge in [-0.3, -0.25) is 9.59 Å². The molecule has 2 amide bonds. The molecule has 2 aromatic carbocycles. The molecule has 0 bridgehead atoms. The molecule has 1 fully saturated rings. The van der Waals surface area contributed by atoms with Crippen LogP contribution in [0.25, 0.3) is 0 Å². The number of anilines is 2. The summed E-state index contributed by atoms with van der Waals surface area (Å²) in [4.78, 5) is 45.3. The number of para-hydroxylation sites is 2. The van der Waals surface area contributed by atoms with E-state index in [-0.39, 0.29) is 29.7 Å². The Balaban J connectivity index is 1.52. The van der Waals surface area contributed by atoms with Gasteiger partial charge in [0.25, 0.3) is 0 Å². The summed E-state index contributed by atoms with van der Waals surface area (Å²) in [6, 6.07) is 15.2. The number of ether oxygens (including phenoxy) is 2. The fourth-order valence-electron chi connectivity index (χ4n) is 5.96. The molecule has 9 heteroatoms. The van der Waals surface area contributed by atoms with Crippen molar-refractivity contribution in [3.8, 4) is 5.75 Å². The Morgan fingerprint density at radius 3 is 2.33 bits per heavy atom. The van der Waals surface area contributed by atoms with Crippen LogP contribution in [0.3, 0.4) is 0 Å². The minimum atomic E-state index is -0.453. The molecule has 1 N–H and O–H groups in total. The smallest absolute Gasteiger partial charge is 0.409 e. The Hall–Kier alpha value is -4.01. The Bertz CT molecular complexity index is 1310. The zero-order chi connectivity index (χ0) is 28.4. The quantitative estimate of drug-likeness (QED) is 0.586. The lowest BCUT2D eigenvalue weighted by molar-refractivity contribution is -0.131. The molecule has 1 aliphatic carbocycles. The van der Waals surface area contributed by atoms with Crippen LogP contribution >= 0.6 is 0 Å². The molecule has 0 aromatic heterocycles. The number of carbonyl (C=O) groups is 3. The Morgan fingerprint density at radius 1 is 0.975 bits per heavy atom. The van der Waals surface area contributed by atoms with Gasteiger partial charge >= 0.3 is 6.09 Å². The van der Waals surface area contributed by atoms with Crippen LogP contribution in [0.15, 0.2) is 59.8 Å². The molecule has 5 rings (SSSR count). The standard InChI is InChI=1S/C31H38N4O5/c1-5-40-30(38)34-16-14-33(15-17-34)27(37)20-35-25-9-7-6-8-23(25)32-24-18-31(2,3)19-26(36)28(24)29(35)21-10-12-22(39-4)13-11-21/h6-13,29,32H,5,14-20H2,1-4H3. The van der Waals surface area contributed by atoms with Gasteiger partial charge in [-0.1, -0.05) is 38.1 Å². The number of hydrogen-bond donors (Lipinski definition) is 1. The van der Waals surface area contributed by atoms with Crippen molar-refractivity contribution < 1.29 is 23.9 Å². The van der Waals surface area contributed by atoms with E-state index in [1.54, 1.807) is 23.8 Å². The molecule has 9 nitrogen and oxygen atoms in total. The maximum absolute atomic E-state index is 13.8. The number of nitrogens with zero attached hydrogens (tertiary/aromatic N) is 3. The van der Waals surface area contributed by atoms with E-state index in [4.69, 9.17) is 9.47 Å². The van der Waals surface area contributed by atoms with Gasteiger partial charge in [-0.2, -0.15) is 0 Å². The first-order valence-electron chi connectivity index (χ1n) is 13.9. The minimum Gasteiger partial charge on any atom is -0.497 e. The van der Waals surface area contributed by atoms with Gasteiger partial charge in [-0.15, -0.1) is 0 Å². The van der Waals surface area contributed by atoms with Crippen molar-refractivity contribution in [1.82, 2.24) is 9.80 Å². The van der Waals surface area contributed by atoms with Crippen LogP contribution in [0, 0.1) is 5.41 Å². The average Bonchev–Trinajstić information content (AvgIpc) is 3.07. The van der Waals surface area contributed by atoms with Crippen molar-refractivity contribution >= 4 is 29.2 Å². The first-order chi connectivity index (χ1) is 19.2. The van der Waals surface area contributed by atoms with Gasteiger partial charge in [0.05, 0.1) is 37.7 Å². The summed E-state index contributed by atoms with van der Waals surface area (Å²) >= 11 is 0. The molecule has 212 valence electrons. The van der Waals surface area contributed by atoms with E-state index >= 15 is 0 Å². The molecule has 1 unspecified atom stereocenters. The van der Waals surface area contributed by atoms with E-state index in [1.165, 1.54) is 0 Å². The molecule has 1 atom stereocenters. The van der Waals surface area contributed by atoms with Crippen molar-refractivity contribution in [2.24, 2.45) is 5.41 Å². The number of piperazine rings is 1. The third-order valence-electron chi connectivity index (χ3n) is 7.90. The lowest BCUT2D eigenvalue weighted by Gasteiger charge is -2.39. The first kappa shape index (κ1) is 27.6. The highest BCUT2D eigenvalue weighted by Crippen LogP contribution is 2.48. The number of nitrogens with one attached hydrogen (secondary N) is 1. The predicted octanol–water partition coefficient (Wildman–Crippen LogP) is 4.61. The number of benzene rings is 2. The number of hydrogen-bond acceptors (Lipinski definition) is 7. The molecule has 0 saturated carbocycles. The molecule has 2 aromatic rings. The highest BCUT2D eigenvalue weighted by atomic mass is 16.6. The SMILES string of the molecule is CCOC(=O)N1CCN(C(=O)CN2c3ccccc3NC3=C(C(=O)CC(C)(C)C3)C2c2ccc(OC)cc2)CC1. The van der Waals surface area contributed by atoms with Gasteiger partial charge in [-0.05, 0) is 48.6 Å². The zero-order valence-electron chi connectivity index (χ0n) is 23.7. The number of rotatable bonds is 5. The molecule has 40 heavy (non-hydrogen) atoms. The number of amides is 2. The Kier molecular flexibility index (Phi) is 7.74. The number of ketones is 1. The summed E-state index contributed by atoms with van der Waals surface area (Å²) in [6.45, 7) is 8.13. The summed E-state index contributed by atoms with van der Waals surface area (Å²) in [7, 11) is 1.63. The van der Waals surface area contributed by atoms with E-state index in [0.717, 1.165) is 34.8 Å². The van der Waals surface area contributed by atoms with Crippen molar-refractivity contribution in [3.63, 3.8) is 0 Å². The van der Waals surface area contributed by atoms with Crippen LogP contribution in [0.4, 0.5) is 16.2 Å². The van der Waals surface area contributed by atoms with Gasteiger partial charge in [0, 0.05) is 43.9 Å². The molecule has 0 radical (unpaired) electrons. The maximum Gasteiger partial charge on any atom is 0.409 e. The lowest BCUT2D eigenvalue weighted by Crippen LogP contribution is -2.53. The van der Waals surface area contributed by atoms with E-state index in [2.05, 4.69) is 24.1 Å². The van der Waals surface area contributed by atoms with Crippen LogP contribution in [0.5, 0.6) is 5.75 Å². The second kappa shape index (κ2) is 11.2. The van der Waals surface area contributed by atoms with Crippen LogP contribution in [-0.2, 0) is 14.3 Å². The lowest BCUT2D eigenvalue weighted by atomic mass is 9.73. The number of methoxy groups -OCH3 is 1. The van der Waals surface area contributed by atoms with Gasteiger partial charge in [0.1, 0.15) is 5.75 Å². The number of allylic oxidation sites excluding steroid dienone is 1. The molecule has 2 heterocycles. The van der Waals surface area contributed by atoms with Crippen molar-refractivity contribution in [3.05, 3.63) is 65.4 Å². The highest BCUT2D eigenvalue weighted by Gasteiger charge is 2.42. The van der Waals surface area contributed by atoms with E-state index in [9.17, 15) is 14.4 Å². The monoisotopic (exact) mass is 546 g/mol. The summed E-state index contributed by atoms with van der Waals surface area (Å²) in [5.41, 5.74) is 4.09. The van der Waals surface area contributed by atoms with Crippen molar-refractivity contribution in [2.45, 2.75) is 39.7 Å². The topological polar surface area (TPSA) is 91.4 Å². The van der Waals surface area contributed by atoms with Crippen LogP contribution in [-0.4, -0.2) is 74.0 Å². The molecule has 2 aliphatic heterocycles. The molecule has 3 aliphatic rings. The fourth-order valence-corrected chi connectivity index (χ4v) is 5.96. The third-order valence-corrected chi connectivity index (χ3v) is 7.90. The minimum absolute atomic E-state index is 0.0514. The second-order valence-corrected chi connectivity index (χ2v) is 11.3. The average molecular weight is 547 g/mol. The summed E-state index contributed by atoms with van der Waals surface area (Å²) < 4.78 is 10.5. The van der Waals surface area contributed by atoms with Gasteiger partial charge in [-0.25, -0.2) is 4.79 Å². The van der Waals surface area contributed by atoms with Crippen LogP contribution in [0.1, 0.15) is 45.2 Å². The molecular weight excluding hydrogens is 508 g/mol. The summed E-state index contributed by atoms with van der Waals surface area (Å²) in [5.74, 6) is 0.764. The number of carbonyl (C=O) groups excluding carboxylic acids is 3. The Morgan fingerprint density at radius 2 is 1.65 bits per heavy atom. The fraction of sp³-hybridized carbons (Fsp3) is 0.452. The van der Waals surface area contributed by atoms with E-state index in [1.807, 2.05) is 48.5 Å². The van der Waals surface area contributed by atoms with E-state index < -0.39 is 6.04 Å². The number of fused-ring (bicyclic) bond motifs is 1. The van der Waals surface area contributed by atoms with E-state index in [0.29, 0.717) is 44.8 Å². The highest BCUT2D eigenvalue weighted by molar-refractivity contribution is 6.02. The zero-order valence-corrected chi connectivity index (χ0v) is 23.7. The van der Waals surface area contributed by atoms with Crippen LogP contribution in [0.2, 0.25) is 0 Å². The second-order valence-electron chi connectivity index (χ2n) is 11.3. The molecule has 0 spiro atoms. The van der Waals surface area contributed by atoms with Gasteiger partial charge in [0.2, 0.25) is 5.91 Å². The van der Waals surface area contributed by atoms with Gasteiger partial charge in [0.15, 0.2) is 5.78 Å². The summed E-state index contributed by atoms with van der Waals surface area (Å²) in [5, 5.41) is 3.59. The molecular formula is C31H38N4O5. The summed E-state index contributed by atoms with van der Waals surface area (Å²) in [6.07, 6.45) is 0.820. The normalized spacial score (nSPS) is 20.2. The van der Waals surface area contributed by atoms with Crippen molar-refractivity contribution in [2.75, 3.05) is 56.7 Å².